The Morgan fingerprint density at radius 2 is 1.36 bits per heavy atom. The lowest BCUT2D eigenvalue weighted by Crippen LogP contribution is -2.45. The largest absolute Gasteiger partial charge is 0.496 e. The quantitative estimate of drug-likeness (QED) is 0.151. The number of carbonyl (C=O) groups excluding carboxylic acids is 2. The molecule has 0 aromatic heterocycles. The number of piperidine rings is 1. The van der Waals surface area contributed by atoms with Gasteiger partial charge in [0.15, 0.2) is 0 Å². The molecule has 5 rings (SSSR count). The highest BCUT2D eigenvalue weighted by Crippen LogP contribution is 2.38. The van der Waals surface area contributed by atoms with Crippen molar-refractivity contribution in [2.24, 2.45) is 0 Å². The minimum Gasteiger partial charge on any atom is -0.496 e. The van der Waals surface area contributed by atoms with Crippen molar-refractivity contribution in [3.8, 4) is 5.75 Å². The number of amides is 2. The van der Waals surface area contributed by atoms with E-state index in [1.807, 2.05) is 48.5 Å². The Labute approximate surface area is 285 Å². The lowest BCUT2D eigenvalue weighted by atomic mass is 9.71. The molecule has 7 nitrogen and oxygen atoms in total. The van der Waals surface area contributed by atoms with Gasteiger partial charge >= 0.3 is 6.09 Å². The van der Waals surface area contributed by atoms with Gasteiger partial charge < -0.3 is 25.0 Å². The van der Waals surface area contributed by atoms with Gasteiger partial charge in [-0.25, -0.2) is 4.79 Å². The summed E-state index contributed by atoms with van der Waals surface area (Å²) in [7, 11) is 1.75. The van der Waals surface area contributed by atoms with Crippen LogP contribution in [0, 0.1) is 0 Å². The van der Waals surface area contributed by atoms with E-state index in [9.17, 15) is 9.59 Å². The first-order chi connectivity index (χ1) is 22.6. The fourth-order valence-electron chi connectivity index (χ4n) is 6.58. The Morgan fingerprint density at radius 3 is 1.98 bits per heavy atom. The van der Waals surface area contributed by atoms with Crippen molar-refractivity contribution in [3.63, 3.8) is 0 Å². The number of likely N-dealkylation sites (tertiary alicyclic amines) is 1. The Kier molecular flexibility index (Phi) is 13.7. The second-order valence-electron chi connectivity index (χ2n) is 12.0. The lowest BCUT2D eigenvalue weighted by molar-refractivity contribution is -0.120. The molecule has 248 valence electrons. The third-order valence-corrected chi connectivity index (χ3v) is 9.09. The fraction of sp³-hybridized carbons (Fsp3) is 0.333. The number of nitrogens with zero attached hydrogens (tertiary/aromatic N) is 1. The number of benzene rings is 4. The van der Waals surface area contributed by atoms with Crippen molar-refractivity contribution in [1.82, 2.24) is 15.5 Å². The third-order valence-electron chi connectivity index (χ3n) is 9.09. The van der Waals surface area contributed by atoms with Crippen LogP contribution in [0.5, 0.6) is 5.75 Å². The summed E-state index contributed by atoms with van der Waals surface area (Å²) >= 11 is 0. The minimum atomic E-state index is -0.620. The molecule has 4 aromatic rings. The molecule has 0 spiro atoms. The van der Waals surface area contributed by atoms with Gasteiger partial charge in [-0.15, -0.1) is 12.4 Å². The molecule has 0 unspecified atom stereocenters. The van der Waals surface area contributed by atoms with Gasteiger partial charge in [0.05, 0.1) is 13.7 Å². The van der Waals surface area contributed by atoms with E-state index < -0.39 is 11.5 Å². The summed E-state index contributed by atoms with van der Waals surface area (Å²) in [6, 6.07) is 38.7. The molecule has 2 N–H and O–H groups in total. The maximum Gasteiger partial charge on any atom is 0.407 e. The summed E-state index contributed by atoms with van der Waals surface area (Å²) in [5.41, 5.74) is 4.09. The molecule has 0 radical (unpaired) electrons. The number of hydrogen-bond acceptors (Lipinski definition) is 5. The van der Waals surface area contributed by atoms with Crippen LogP contribution in [0.25, 0.3) is 0 Å². The zero-order chi connectivity index (χ0) is 32.0. The van der Waals surface area contributed by atoms with E-state index in [2.05, 4.69) is 82.3 Å². The second-order valence-corrected chi connectivity index (χ2v) is 12.0. The smallest absolute Gasteiger partial charge is 0.407 e. The molecule has 0 saturated carbocycles. The van der Waals surface area contributed by atoms with E-state index in [0.29, 0.717) is 12.5 Å². The number of carbonyl (C=O) groups is 2. The van der Waals surface area contributed by atoms with Crippen LogP contribution >= 0.6 is 12.4 Å². The number of ether oxygens (including phenoxy) is 2. The summed E-state index contributed by atoms with van der Waals surface area (Å²) in [6.07, 6.45) is 3.44. The molecule has 47 heavy (non-hydrogen) atoms. The maximum absolute atomic E-state index is 13.0. The van der Waals surface area contributed by atoms with Crippen LogP contribution in [0.15, 0.2) is 115 Å². The van der Waals surface area contributed by atoms with Crippen molar-refractivity contribution in [2.75, 3.05) is 39.8 Å². The predicted molar refractivity (Wildman–Crippen MR) is 189 cm³/mol. The highest BCUT2D eigenvalue weighted by atomic mass is 35.5. The Balaban J connectivity index is 0.00000500. The molecule has 0 aliphatic carbocycles. The summed E-state index contributed by atoms with van der Waals surface area (Å²) < 4.78 is 10.9. The second kappa shape index (κ2) is 18.1. The van der Waals surface area contributed by atoms with E-state index in [-0.39, 0.29) is 31.5 Å². The van der Waals surface area contributed by atoms with Crippen molar-refractivity contribution >= 4 is 24.4 Å². The van der Waals surface area contributed by atoms with Gasteiger partial charge in [-0.2, -0.15) is 0 Å². The van der Waals surface area contributed by atoms with Gasteiger partial charge in [0.25, 0.3) is 0 Å². The Hall–Kier alpha value is -4.33. The highest BCUT2D eigenvalue weighted by molar-refractivity contribution is 5.85. The number of hydrogen-bond donors (Lipinski definition) is 2. The molecule has 2 amide bonds. The van der Waals surface area contributed by atoms with Crippen LogP contribution in [-0.2, 0) is 21.6 Å². The number of rotatable bonds is 14. The van der Waals surface area contributed by atoms with Crippen LogP contribution < -0.4 is 15.4 Å². The molecule has 4 aromatic carbocycles. The highest BCUT2D eigenvalue weighted by Gasteiger charge is 2.35. The molecule has 1 aliphatic rings. The van der Waals surface area contributed by atoms with Gasteiger partial charge in [0.1, 0.15) is 12.4 Å². The molecule has 1 fully saturated rings. The molecular weight excluding hydrogens is 610 g/mol. The van der Waals surface area contributed by atoms with Gasteiger partial charge in [-0.1, -0.05) is 109 Å². The SMILES string of the molecule is COc1ccccc1C1CCN(CCCC(CNC(=O)CNC(=O)OCc2ccccc2)(c2ccccc2)c2ccccc2)CC1.Cl. The number of para-hydroxylation sites is 1. The van der Waals surface area contributed by atoms with Gasteiger partial charge in [-0.3, -0.25) is 4.79 Å². The lowest BCUT2D eigenvalue weighted by Gasteiger charge is -2.37. The minimum absolute atomic E-state index is 0. The first kappa shape index (κ1) is 35.5. The standard InChI is InChI=1S/C39H45N3O4.ClH/c1-45-36-21-12-11-20-35(36)32-22-26-42(27-23-32)25-13-24-39(33-16-7-3-8-17-33,34-18-9-4-10-19-34)30-41-37(43)28-40-38(44)46-29-31-14-5-2-6-15-31;/h2-12,14-21,32H,13,22-30H2,1H3,(H,40,44)(H,41,43);1H. The monoisotopic (exact) mass is 655 g/mol. The molecular formula is C39H46ClN3O4. The average Bonchev–Trinajstić information content (AvgIpc) is 3.12. The van der Waals surface area contributed by atoms with Crippen molar-refractivity contribution in [3.05, 3.63) is 138 Å². The topological polar surface area (TPSA) is 79.9 Å². The van der Waals surface area contributed by atoms with Gasteiger partial charge in [0, 0.05) is 12.0 Å². The first-order valence-corrected chi connectivity index (χ1v) is 16.2. The van der Waals surface area contributed by atoms with Crippen LogP contribution in [-0.4, -0.2) is 56.7 Å². The summed E-state index contributed by atoms with van der Waals surface area (Å²) in [5.74, 6) is 1.24. The van der Waals surface area contributed by atoms with E-state index in [4.69, 9.17) is 9.47 Å². The van der Waals surface area contributed by atoms with E-state index in [0.717, 1.165) is 67.8 Å². The van der Waals surface area contributed by atoms with E-state index >= 15 is 0 Å². The third kappa shape index (κ3) is 9.83. The maximum atomic E-state index is 13.0. The normalized spacial score (nSPS) is 13.6. The number of methoxy groups -OCH3 is 1. The van der Waals surface area contributed by atoms with Gasteiger partial charge in [0.2, 0.25) is 5.91 Å². The van der Waals surface area contributed by atoms with Crippen LogP contribution in [0.3, 0.4) is 0 Å². The first-order valence-electron chi connectivity index (χ1n) is 16.2. The summed E-state index contributed by atoms with van der Waals surface area (Å²) in [5, 5.41) is 5.73. The Bertz CT molecular complexity index is 1470. The molecule has 1 heterocycles. The zero-order valence-electron chi connectivity index (χ0n) is 27.1. The summed E-state index contributed by atoms with van der Waals surface area (Å²) in [6.45, 7) is 3.50. The molecule has 0 bridgehead atoms. The zero-order valence-corrected chi connectivity index (χ0v) is 27.9. The fourth-order valence-corrected chi connectivity index (χ4v) is 6.58. The molecule has 8 heteroatoms. The predicted octanol–water partition coefficient (Wildman–Crippen LogP) is 7.11. The van der Waals surface area contributed by atoms with Crippen LogP contribution in [0.2, 0.25) is 0 Å². The van der Waals surface area contributed by atoms with Crippen molar-refractivity contribution in [2.45, 2.75) is 43.6 Å². The van der Waals surface area contributed by atoms with Crippen molar-refractivity contribution in [1.29, 1.82) is 0 Å². The molecule has 1 aliphatic heterocycles. The molecule has 1 saturated heterocycles. The number of halogens is 1. The summed E-state index contributed by atoms with van der Waals surface area (Å²) in [4.78, 5) is 27.9. The van der Waals surface area contributed by atoms with Gasteiger partial charge in [-0.05, 0) is 79.6 Å². The number of nitrogens with one attached hydrogen (secondary N) is 2. The van der Waals surface area contributed by atoms with E-state index in [1.165, 1.54) is 5.56 Å². The Morgan fingerprint density at radius 1 is 0.787 bits per heavy atom. The van der Waals surface area contributed by atoms with E-state index in [1.54, 1.807) is 7.11 Å². The van der Waals surface area contributed by atoms with Crippen molar-refractivity contribution < 1.29 is 19.1 Å². The van der Waals surface area contributed by atoms with Crippen LogP contribution in [0.4, 0.5) is 4.79 Å². The van der Waals surface area contributed by atoms with Crippen LogP contribution in [0.1, 0.15) is 53.9 Å². The molecule has 0 atom stereocenters. The number of alkyl carbamates (subject to hydrolysis) is 1. The average molecular weight is 656 g/mol.